The Morgan fingerprint density at radius 3 is 2.00 bits per heavy atom. The highest BCUT2D eigenvalue weighted by Gasteiger charge is 2.22. The smallest absolute Gasteiger partial charge is 0.282 e. The Labute approximate surface area is 125 Å². The Hall–Kier alpha value is -1.70. The average Bonchev–Trinajstić information content (AvgIpc) is 2.37. The molecular weight excluding hydrogens is 318 g/mol. The van der Waals surface area contributed by atoms with E-state index in [1.807, 2.05) is 0 Å². The van der Waals surface area contributed by atoms with Gasteiger partial charge in [0.15, 0.2) is 4.90 Å². The van der Waals surface area contributed by atoms with Crippen LogP contribution in [0.3, 0.4) is 0 Å². The van der Waals surface area contributed by atoms with Crippen molar-refractivity contribution >= 4 is 28.0 Å². The number of hydrogen-bond donors (Lipinski definition) is 1. The van der Waals surface area contributed by atoms with E-state index in [4.69, 9.17) is 4.55 Å². The fraction of sp³-hybridized carbons (Fsp3) is 0. The molecule has 0 unspecified atom stereocenters. The highest BCUT2D eigenvalue weighted by molar-refractivity contribution is 7.99. The minimum absolute atomic E-state index is 0.184. The molecule has 0 fully saturated rings. The lowest BCUT2D eigenvalue weighted by Gasteiger charge is -2.06. The molecule has 1 N–H and O–H groups in total. The normalized spacial score (nSPS) is 11.4. The first-order chi connectivity index (χ1) is 9.81. The van der Waals surface area contributed by atoms with E-state index in [0.29, 0.717) is 0 Å². The summed E-state index contributed by atoms with van der Waals surface area (Å²) in [4.78, 5) is -0.434. The molecule has 0 radical (unpaired) electrons. The van der Waals surface area contributed by atoms with Crippen molar-refractivity contribution in [1.82, 2.24) is 0 Å². The van der Waals surface area contributed by atoms with Gasteiger partial charge >= 0.3 is 0 Å². The minimum Gasteiger partial charge on any atom is -0.282 e. The molecule has 21 heavy (non-hydrogen) atoms. The fourth-order valence-electron chi connectivity index (χ4n) is 1.65. The van der Waals surface area contributed by atoms with Crippen LogP contribution in [-0.4, -0.2) is 13.0 Å². The number of halogens is 2. The van der Waals surface area contributed by atoms with Gasteiger partial charge in [0.1, 0.15) is 11.6 Å². The quantitative estimate of drug-likeness (QED) is 0.862. The summed E-state index contributed by atoms with van der Waals surface area (Å²) >= 11 is 1.06. The molecule has 0 aromatic heterocycles. The van der Waals surface area contributed by atoms with Gasteiger partial charge in [0, 0.05) is 9.79 Å². The van der Waals surface area contributed by atoms with Crippen LogP contribution >= 0.6 is 11.8 Å². The van der Waals surface area contributed by atoms with Crippen LogP contribution in [0.4, 0.5) is 8.78 Å². The van der Waals surface area contributed by atoms with Crippen molar-refractivity contribution in [1.29, 1.82) is 0 Å². The lowest BCUT2D eigenvalue weighted by Crippen LogP contribution is -2.05. The van der Waals surface area contributed by atoms with Gasteiger partial charge in [-0.3, -0.25) is 4.55 Å². The Kier molecular flexibility index (Phi) is 4.46. The van der Waals surface area contributed by atoms with E-state index in [9.17, 15) is 17.2 Å². The van der Waals surface area contributed by atoms with Crippen LogP contribution in [0.1, 0.15) is 5.56 Å². The maximum Gasteiger partial charge on any atom is 0.300 e. The Morgan fingerprint density at radius 1 is 1.05 bits per heavy atom. The molecule has 110 valence electrons. The maximum atomic E-state index is 13.6. The van der Waals surface area contributed by atoms with E-state index in [0.717, 1.165) is 34.4 Å². The predicted octanol–water partition coefficient (Wildman–Crippen LogP) is 4.01. The van der Waals surface area contributed by atoms with Crippen molar-refractivity contribution in [3.8, 4) is 0 Å². The standard InChI is InChI=1S/C14H10F2O3S2/c1-2-9-3-5-10(6-4-9)20-11-7-12(15)14(13(16)8-11)21(17,18)19/h2-8H,1H2,(H,17,18,19). The molecule has 0 amide bonds. The summed E-state index contributed by atoms with van der Waals surface area (Å²) in [6, 6.07) is 8.78. The molecule has 0 aliphatic heterocycles. The van der Waals surface area contributed by atoms with Gasteiger partial charge in [-0.25, -0.2) is 8.78 Å². The SMILES string of the molecule is C=Cc1ccc(Sc2cc(F)c(S(=O)(=O)O)c(F)c2)cc1. The molecule has 0 atom stereocenters. The fourth-order valence-corrected chi connectivity index (χ4v) is 3.13. The zero-order valence-electron chi connectivity index (χ0n) is 10.6. The maximum absolute atomic E-state index is 13.6. The van der Waals surface area contributed by atoms with Crippen molar-refractivity contribution in [2.75, 3.05) is 0 Å². The molecule has 2 aromatic rings. The molecule has 0 heterocycles. The van der Waals surface area contributed by atoms with E-state index in [1.54, 1.807) is 30.3 Å². The first-order valence-electron chi connectivity index (χ1n) is 5.68. The summed E-state index contributed by atoms with van der Waals surface area (Å²) in [5.41, 5.74) is 0.901. The highest BCUT2D eigenvalue weighted by Crippen LogP contribution is 2.31. The third kappa shape index (κ3) is 3.69. The Morgan fingerprint density at radius 2 is 1.57 bits per heavy atom. The van der Waals surface area contributed by atoms with E-state index >= 15 is 0 Å². The van der Waals surface area contributed by atoms with Crippen molar-refractivity contribution in [2.24, 2.45) is 0 Å². The number of hydrogen-bond acceptors (Lipinski definition) is 3. The predicted molar refractivity (Wildman–Crippen MR) is 76.8 cm³/mol. The topological polar surface area (TPSA) is 54.4 Å². The van der Waals surface area contributed by atoms with Gasteiger partial charge in [0.25, 0.3) is 10.1 Å². The third-order valence-corrected chi connectivity index (χ3v) is 4.47. The van der Waals surface area contributed by atoms with Crippen LogP contribution in [-0.2, 0) is 10.1 Å². The second-order valence-corrected chi connectivity index (χ2v) is 6.57. The first kappa shape index (κ1) is 15.7. The Balaban J connectivity index is 2.35. The lowest BCUT2D eigenvalue weighted by atomic mass is 10.2. The number of benzene rings is 2. The number of rotatable bonds is 4. The van der Waals surface area contributed by atoms with E-state index in [1.165, 1.54) is 0 Å². The molecule has 3 nitrogen and oxygen atoms in total. The molecule has 0 bridgehead atoms. The van der Waals surface area contributed by atoms with Crippen LogP contribution in [0.5, 0.6) is 0 Å². The van der Waals surface area contributed by atoms with E-state index < -0.39 is 26.6 Å². The summed E-state index contributed by atoms with van der Waals surface area (Å²) in [6.07, 6.45) is 1.66. The van der Waals surface area contributed by atoms with E-state index in [2.05, 4.69) is 6.58 Å². The molecule has 0 spiro atoms. The first-order valence-corrected chi connectivity index (χ1v) is 7.94. The Bertz CT molecular complexity index is 761. The van der Waals surface area contributed by atoms with Crippen LogP contribution in [0, 0.1) is 11.6 Å². The summed E-state index contributed by atoms with van der Waals surface area (Å²) in [5, 5.41) is 0. The van der Waals surface area contributed by atoms with Crippen molar-refractivity contribution in [2.45, 2.75) is 14.7 Å². The second kappa shape index (κ2) is 5.97. The second-order valence-electron chi connectivity index (χ2n) is 4.07. The van der Waals surface area contributed by atoms with Crippen LogP contribution in [0.15, 0.2) is 57.7 Å². The van der Waals surface area contributed by atoms with Crippen molar-refractivity contribution < 1.29 is 21.8 Å². The van der Waals surface area contributed by atoms with Gasteiger partial charge in [-0.2, -0.15) is 8.42 Å². The molecule has 2 rings (SSSR count). The molecule has 0 aliphatic rings. The van der Waals surface area contributed by atoms with Gasteiger partial charge < -0.3 is 0 Å². The van der Waals surface area contributed by atoms with Gasteiger partial charge in [0.05, 0.1) is 0 Å². The van der Waals surface area contributed by atoms with E-state index in [-0.39, 0.29) is 4.90 Å². The minimum atomic E-state index is -4.93. The van der Waals surface area contributed by atoms with Crippen molar-refractivity contribution in [3.63, 3.8) is 0 Å². The molecule has 0 saturated carbocycles. The monoisotopic (exact) mass is 328 g/mol. The van der Waals surface area contributed by atoms with Gasteiger partial charge in [-0.15, -0.1) is 0 Å². The van der Waals surface area contributed by atoms with Gasteiger partial charge in [-0.05, 0) is 29.8 Å². The molecule has 0 saturated heterocycles. The molecule has 2 aromatic carbocycles. The lowest BCUT2D eigenvalue weighted by molar-refractivity contribution is 0.455. The van der Waals surface area contributed by atoms with Crippen LogP contribution < -0.4 is 0 Å². The van der Waals surface area contributed by atoms with Crippen LogP contribution in [0.2, 0.25) is 0 Å². The average molecular weight is 328 g/mol. The largest absolute Gasteiger partial charge is 0.300 e. The zero-order chi connectivity index (χ0) is 15.6. The third-order valence-electron chi connectivity index (χ3n) is 2.58. The van der Waals surface area contributed by atoms with Gasteiger partial charge in [-0.1, -0.05) is 36.5 Å². The highest BCUT2D eigenvalue weighted by atomic mass is 32.2. The van der Waals surface area contributed by atoms with Crippen molar-refractivity contribution in [3.05, 3.63) is 60.2 Å². The molecule has 0 aliphatic carbocycles. The summed E-state index contributed by atoms with van der Waals surface area (Å²) in [6.45, 7) is 3.61. The molecule has 7 heteroatoms. The summed E-state index contributed by atoms with van der Waals surface area (Å²) < 4.78 is 57.8. The zero-order valence-corrected chi connectivity index (χ0v) is 12.2. The molecular formula is C14H10F2O3S2. The summed E-state index contributed by atoms with van der Waals surface area (Å²) in [5.74, 6) is -2.66. The summed E-state index contributed by atoms with van der Waals surface area (Å²) in [7, 11) is -4.93. The van der Waals surface area contributed by atoms with Gasteiger partial charge in [0.2, 0.25) is 0 Å². The van der Waals surface area contributed by atoms with Crippen LogP contribution in [0.25, 0.3) is 6.08 Å².